The lowest BCUT2D eigenvalue weighted by Crippen LogP contribution is -2.38. The van der Waals surface area contributed by atoms with Crippen molar-refractivity contribution < 1.29 is 13.2 Å². The van der Waals surface area contributed by atoms with Crippen LogP contribution in [0, 0.1) is 6.92 Å². The second-order valence-corrected chi connectivity index (χ2v) is 9.84. The summed E-state index contributed by atoms with van der Waals surface area (Å²) in [5, 5.41) is 6.15. The van der Waals surface area contributed by atoms with Gasteiger partial charge in [-0.15, -0.1) is 0 Å². The van der Waals surface area contributed by atoms with Gasteiger partial charge in [0, 0.05) is 43.3 Å². The minimum atomic E-state index is -3.44. The van der Waals surface area contributed by atoms with Crippen LogP contribution < -0.4 is 10.6 Å². The molecular weight excluding hydrogens is 442 g/mol. The summed E-state index contributed by atoms with van der Waals surface area (Å²) in [6, 6.07) is 9.00. The van der Waals surface area contributed by atoms with Gasteiger partial charge in [0.15, 0.2) is 9.84 Å². The Bertz CT molecular complexity index is 1230. The standard InChI is InChI=1S/C22H27N7O3S/c1-15-17(16(2)29-9-11-32-12-10-29)6-7-19(26-15)27-20-13-21(25-14-24-20)28-22-18(33(3,30)31)5-4-8-23-22/h4-8,13-14,16H,9-12H2,1-3H3,(H2,23,24,25,26,27,28). The van der Waals surface area contributed by atoms with E-state index in [2.05, 4.69) is 43.5 Å². The van der Waals surface area contributed by atoms with Crippen molar-refractivity contribution in [1.29, 1.82) is 0 Å². The molecule has 0 spiro atoms. The van der Waals surface area contributed by atoms with E-state index < -0.39 is 9.84 Å². The van der Waals surface area contributed by atoms with Gasteiger partial charge >= 0.3 is 0 Å². The largest absolute Gasteiger partial charge is 0.379 e. The molecule has 2 N–H and O–H groups in total. The lowest BCUT2D eigenvalue weighted by atomic mass is 10.1. The quantitative estimate of drug-likeness (QED) is 0.534. The molecule has 1 aliphatic heterocycles. The normalized spacial score (nSPS) is 15.7. The Morgan fingerprint density at radius 1 is 1.03 bits per heavy atom. The Morgan fingerprint density at radius 2 is 1.76 bits per heavy atom. The number of pyridine rings is 2. The van der Waals surface area contributed by atoms with Gasteiger partial charge in [0.25, 0.3) is 0 Å². The van der Waals surface area contributed by atoms with E-state index in [-0.39, 0.29) is 16.8 Å². The van der Waals surface area contributed by atoms with Crippen LogP contribution >= 0.6 is 0 Å². The third-order valence-corrected chi connectivity index (χ3v) is 6.64. The molecule has 1 atom stereocenters. The second-order valence-electron chi connectivity index (χ2n) is 7.86. The Balaban J connectivity index is 1.49. The van der Waals surface area contributed by atoms with Crippen LogP contribution in [0.1, 0.15) is 24.2 Å². The van der Waals surface area contributed by atoms with E-state index in [1.807, 2.05) is 13.0 Å². The number of hydrogen-bond acceptors (Lipinski definition) is 10. The average Bonchev–Trinajstić information content (AvgIpc) is 2.79. The first kappa shape index (κ1) is 23.0. The van der Waals surface area contributed by atoms with E-state index in [0.29, 0.717) is 17.5 Å². The topological polar surface area (TPSA) is 122 Å². The molecule has 0 aliphatic carbocycles. The number of nitrogens with one attached hydrogen (secondary N) is 2. The highest BCUT2D eigenvalue weighted by atomic mass is 32.2. The van der Waals surface area contributed by atoms with E-state index in [1.54, 1.807) is 12.1 Å². The highest BCUT2D eigenvalue weighted by Crippen LogP contribution is 2.26. The van der Waals surface area contributed by atoms with Crippen molar-refractivity contribution in [3.05, 3.63) is 54.1 Å². The number of nitrogens with zero attached hydrogens (tertiary/aromatic N) is 5. The molecular formula is C22H27N7O3S. The molecule has 0 aromatic carbocycles. The van der Waals surface area contributed by atoms with Gasteiger partial charge in [-0.25, -0.2) is 28.4 Å². The summed E-state index contributed by atoms with van der Waals surface area (Å²) in [5.41, 5.74) is 2.12. The van der Waals surface area contributed by atoms with Crippen molar-refractivity contribution in [3.8, 4) is 0 Å². The fraction of sp³-hybridized carbons (Fsp3) is 0.364. The van der Waals surface area contributed by atoms with E-state index in [9.17, 15) is 8.42 Å². The lowest BCUT2D eigenvalue weighted by Gasteiger charge is -2.33. The number of aryl methyl sites for hydroxylation is 1. The molecule has 1 saturated heterocycles. The van der Waals surface area contributed by atoms with Crippen LogP contribution in [-0.2, 0) is 14.6 Å². The van der Waals surface area contributed by atoms with E-state index >= 15 is 0 Å². The fourth-order valence-electron chi connectivity index (χ4n) is 3.77. The minimum absolute atomic E-state index is 0.0976. The van der Waals surface area contributed by atoms with Gasteiger partial charge in [-0.05, 0) is 37.6 Å². The monoisotopic (exact) mass is 469 g/mol. The molecule has 0 radical (unpaired) electrons. The molecule has 1 unspecified atom stereocenters. The molecule has 4 rings (SSSR count). The molecule has 0 amide bonds. The Hall–Kier alpha value is -3.15. The number of aromatic nitrogens is 4. The molecule has 1 aliphatic rings. The third-order valence-electron chi connectivity index (χ3n) is 5.51. The molecule has 11 heteroatoms. The van der Waals surface area contributed by atoms with Gasteiger partial charge in [0.1, 0.15) is 34.5 Å². The van der Waals surface area contributed by atoms with Crippen LogP contribution in [0.3, 0.4) is 0 Å². The number of sulfone groups is 1. The molecule has 3 aromatic rings. The molecule has 174 valence electrons. The van der Waals surface area contributed by atoms with Crippen molar-refractivity contribution in [2.75, 3.05) is 43.2 Å². The summed E-state index contributed by atoms with van der Waals surface area (Å²) >= 11 is 0. The first-order valence-corrected chi connectivity index (χ1v) is 12.5. The van der Waals surface area contributed by atoms with Gasteiger partial charge in [-0.1, -0.05) is 6.07 Å². The SMILES string of the molecule is Cc1nc(Nc2cc(Nc3ncccc3S(C)(=O)=O)ncn2)ccc1C(C)N1CCOCC1. The molecule has 0 saturated carbocycles. The molecule has 33 heavy (non-hydrogen) atoms. The lowest BCUT2D eigenvalue weighted by molar-refractivity contribution is 0.0197. The summed E-state index contributed by atoms with van der Waals surface area (Å²) in [5.74, 6) is 1.79. The third kappa shape index (κ3) is 5.62. The second kappa shape index (κ2) is 9.77. The number of rotatable bonds is 7. The van der Waals surface area contributed by atoms with Crippen molar-refractivity contribution in [1.82, 2.24) is 24.8 Å². The summed E-state index contributed by atoms with van der Waals surface area (Å²) in [4.78, 5) is 19.7. The first-order chi connectivity index (χ1) is 15.8. The number of morpholine rings is 1. The van der Waals surface area contributed by atoms with Gasteiger partial charge in [0.2, 0.25) is 0 Å². The highest BCUT2D eigenvalue weighted by Gasteiger charge is 2.20. The summed E-state index contributed by atoms with van der Waals surface area (Å²) in [6.07, 6.45) is 4.04. The van der Waals surface area contributed by atoms with Crippen LogP contribution in [0.2, 0.25) is 0 Å². The van der Waals surface area contributed by atoms with Crippen LogP contribution in [-0.4, -0.2) is 65.8 Å². The fourth-order valence-corrected chi connectivity index (χ4v) is 4.56. The predicted molar refractivity (Wildman–Crippen MR) is 126 cm³/mol. The smallest absolute Gasteiger partial charge is 0.179 e. The number of ether oxygens (including phenoxy) is 1. The van der Waals surface area contributed by atoms with Crippen LogP contribution in [0.25, 0.3) is 0 Å². The molecule has 10 nitrogen and oxygen atoms in total. The van der Waals surface area contributed by atoms with Crippen LogP contribution in [0.4, 0.5) is 23.3 Å². The summed E-state index contributed by atoms with van der Waals surface area (Å²) < 4.78 is 29.5. The zero-order valence-electron chi connectivity index (χ0n) is 18.8. The minimum Gasteiger partial charge on any atom is -0.379 e. The molecule has 1 fully saturated rings. The van der Waals surface area contributed by atoms with Crippen molar-refractivity contribution in [2.24, 2.45) is 0 Å². The summed E-state index contributed by atoms with van der Waals surface area (Å²) in [6.45, 7) is 7.52. The maximum Gasteiger partial charge on any atom is 0.179 e. The molecule has 3 aromatic heterocycles. The van der Waals surface area contributed by atoms with E-state index in [1.165, 1.54) is 24.2 Å². The van der Waals surface area contributed by atoms with Gasteiger partial charge < -0.3 is 15.4 Å². The maximum atomic E-state index is 12.0. The highest BCUT2D eigenvalue weighted by molar-refractivity contribution is 7.90. The van der Waals surface area contributed by atoms with Crippen molar-refractivity contribution in [2.45, 2.75) is 24.8 Å². The Kier molecular flexibility index (Phi) is 6.82. The molecule has 4 heterocycles. The van der Waals surface area contributed by atoms with Gasteiger partial charge in [-0.2, -0.15) is 0 Å². The van der Waals surface area contributed by atoms with E-state index in [4.69, 9.17) is 9.72 Å². The first-order valence-electron chi connectivity index (χ1n) is 10.6. The van der Waals surface area contributed by atoms with E-state index in [0.717, 1.165) is 38.3 Å². The van der Waals surface area contributed by atoms with Crippen molar-refractivity contribution in [3.63, 3.8) is 0 Å². The zero-order chi connectivity index (χ0) is 23.4. The number of hydrogen-bond donors (Lipinski definition) is 2. The summed E-state index contributed by atoms with van der Waals surface area (Å²) in [7, 11) is -3.44. The van der Waals surface area contributed by atoms with Gasteiger partial charge in [-0.3, -0.25) is 4.90 Å². The zero-order valence-corrected chi connectivity index (χ0v) is 19.6. The van der Waals surface area contributed by atoms with Crippen LogP contribution in [0.15, 0.2) is 47.8 Å². The van der Waals surface area contributed by atoms with Gasteiger partial charge in [0.05, 0.1) is 13.2 Å². The predicted octanol–water partition coefficient (Wildman–Crippen LogP) is 2.86. The maximum absolute atomic E-state index is 12.0. The van der Waals surface area contributed by atoms with Crippen LogP contribution in [0.5, 0.6) is 0 Å². The Labute approximate surface area is 193 Å². The molecule has 0 bridgehead atoms. The Morgan fingerprint density at radius 3 is 2.45 bits per heavy atom. The average molecular weight is 470 g/mol. The number of anilines is 4. The van der Waals surface area contributed by atoms with Crippen molar-refractivity contribution >= 4 is 33.1 Å².